The standard InChI is InChI=1S/C19H17NO6S/c20-27(23,24)16-7-5-15(6-8-16)25-9-10-26-19(22)17-11-13-3-1-2-4-14(13)12-18(17)21/h1-8,11-12,21H,9-10H2,(H2,20,23,24). The van der Waals surface area contributed by atoms with Crippen LogP contribution in [0.1, 0.15) is 10.4 Å². The van der Waals surface area contributed by atoms with Gasteiger partial charge in [0.05, 0.1) is 4.90 Å². The van der Waals surface area contributed by atoms with Gasteiger partial charge >= 0.3 is 5.97 Å². The number of phenolic OH excluding ortho intramolecular Hbond substituents is 1. The molecule has 8 heteroatoms. The van der Waals surface area contributed by atoms with Gasteiger partial charge in [-0.1, -0.05) is 24.3 Å². The number of hydrogen-bond donors (Lipinski definition) is 2. The zero-order valence-electron chi connectivity index (χ0n) is 14.2. The van der Waals surface area contributed by atoms with Crippen LogP contribution >= 0.6 is 0 Å². The van der Waals surface area contributed by atoms with Crippen molar-refractivity contribution < 1.29 is 27.8 Å². The molecular weight excluding hydrogens is 370 g/mol. The number of carbonyl (C=O) groups is 1. The molecule has 3 N–H and O–H groups in total. The van der Waals surface area contributed by atoms with Gasteiger partial charge in [-0.2, -0.15) is 0 Å². The number of aromatic hydroxyl groups is 1. The maximum atomic E-state index is 12.2. The molecule has 0 aliphatic heterocycles. The Kier molecular flexibility index (Phi) is 5.29. The molecule has 0 unspecified atom stereocenters. The Balaban J connectivity index is 1.56. The van der Waals surface area contributed by atoms with Gasteiger partial charge < -0.3 is 14.6 Å². The van der Waals surface area contributed by atoms with Crippen LogP contribution in [0.3, 0.4) is 0 Å². The molecule has 0 bridgehead atoms. The number of ether oxygens (including phenoxy) is 2. The summed E-state index contributed by atoms with van der Waals surface area (Å²) in [5, 5.41) is 16.7. The molecule has 3 aromatic rings. The third kappa shape index (κ3) is 4.55. The molecule has 0 spiro atoms. The molecule has 140 valence electrons. The molecule has 0 heterocycles. The summed E-state index contributed by atoms with van der Waals surface area (Å²) in [6.07, 6.45) is 0. The lowest BCUT2D eigenvalue weighted by Crippen LogP contribution is -2.13. The molecule has 0 fully saturated rings. The second kappa shape index (κ2) is 7.65. The number of phenols is 1. The van der Waals surface area contributed by atoms with Crippen molar-refractivity contribution in [3.63, 3.8) is 0 Å². The van der Waals surface area contributed by atoms with Crippen LogP contribution in [-0.2, 0) is 14.8 Å². The van der Waals surface area contributed by atoms with E-state index in [4.69, 9.17) is 14.6 Å². The fraction of sp³-hybridized carbons (Fsp3) is 0.105. The van der Waals surface area contributed by atoms with Crippen LogP contribution in [0.25, 0.3) is 10.8 Å². The number of carbonyl (C=O) groups excluding carboxylic acids is 1. The highest BCUT2D eigenvalue weighted by atomic mass is 32.2. The van der Waals surface area contributed by atoms with Crippen molar-refractivity contribution in [2.24, 2.45) is 5.14 Å². The second-order valence-corrected chi connectivity index (χ2v) is 7.28. The molecule has 0 saturated heterocycles. The van der Waals surface area contributed by atoms with Crippen LogP contribution in [0, 0.1) is 0 Å². The van der Waals surface area contributed by atoms with Crippen molar-refractivity contribution in [3.8, 4) is 11.5 Å². The fourth-order valence-corrected chi connectivity index (χ4v) is 3.00. The molecule has 3 aromatic carbocycles. The smallest absolute Gasteiger partial charge is 0.342 e. The van der Waals surface area contributed by atoms with Crippen LogP contribution in [0.5, 0.6) is 11.5 Å². The highest BCUT2D eigenvalue weighted by Gasteiger charge is 2.14. The minimum absolute atomic E-state index is 0.0203. The number of rotatable bonds is 6. The predicted molar refractivity (Wildman–Crippen MR) is 99.2 cm³/mol. The van der Waals surface area contributed by atoms with E-state index in [1.165, 1.54) is 30.3 Å². The van der Waals surface area contributed by atoms with Gasteiger partial charge in [0.25, 0.3) is 0 Å². The Bertz CT molecular complexity index is 1080. The van der Waals surface area contributed by atoms with E-state index < -0.39 is 16.0 Å². The maximum Gasteiger partial charge on any atom is 0.342 e. The average Bonchev–Trinajstić information content (AvgIpc) is 2.64. The Morgan fingerprint density at radius 3 is 2.22 bits per heavy atom. The van der Waals surface area contributed by atoms with Crippen molar-refractivity contribution in [1.82, 2.24) is 0 Å². The van der Waals surface area contributed by atoms with E-state index in [-0.39, 0.29) is 29.4 Å². The second-order valence-electron chi connectivity index (χ2n) is 5.72. The van der Waals surface area contributed by atoms with Crippen LogP contribution in [0.2, 0.25) is 0 Å². The number of fused-ring (bicyclic) bond motifs is 1. The van der Waals surface area contributed by atoms with Crippen LogP contribution in [0.4, 0.5) is 0 Å². The van der Waals surface area contributed by atoms with E-state index in [0.29, 0.717) is 5.75 Å². The van der Waals surface area contributed by atoms with E-state index in [2.05, 4.69) is 0 Å². The first-order valence-electron chi connectivity index (χ1n) is 7.99. The van der Waals surface area contributed by atoms with E-state index in [1.807, 2.05) is 24.3 Å². The summed E-state index contributed by atoms with van der Waals surface area (Å²) in [7, 11) is -3.76. The lowest BCUT2D eigenvalue weighted by Gasteiger charge is -2.09. The highest BCUT2D eigenvalue weighted by Crippen LogP contribution is 2.25. The largest absolute Gasteiger partial charge is 0.507 e. The van der Waals surface area contributed by atoms with Gasteiger partial charge in [-0.3, -0.25) is 0 Å². The van der Waals surface area contributed by atoms with E-state index in [9.17, 15) is 18.3 Å². The van der Waals surface area contributed by atoms with Crippen molar-refractivity contribution >= 4 is 26.8 Å². The quantitative estimate of drug-likeness (QED) is 0.496. The minimum atomic E-state index is -3.76. The van der Waals surface area contributed by atoms with E-state index in [1.54, 1.807) is 6.07 Å². The summed E-state index contributed by atoms with van der Waals surface area (Å²) in [6, 6.07) is 16.0. The first-order valence-corrected chi connectivity index (χ1v) is 9.54. The summed E-state index contributed by atoms with van der Waals surface area (Å²) in [4.78, 5) is 12.1. The molecule has 0 aromatic heterocycles. The Labute approximate surface area is 156 Å². The summed E-state index contributed by atoms with van der Waals surface area (Å²) >= 11 is 0. The molecule has 0 atom stereocenters. The van der Waals surface area contributed by atoms with Gasteiger partial charge in [0.15, 0.2) is 0 Å². The normalized spacial score (nSPS) is 11.3. The molecule has 0 aliphatic carbocycles. The Hall–Kier alpha value is -3.10. The predicted octanol–water partition coefficient (Wildman–Crippen LogP) is 2.43. The number of primary sulfonamides is 1. The molecule has 7 nitrogen and oxygen atoms in total. The monoisotopic (exact) mass is 387 g/mol. The first-order chi connectivity index (χ1) is 12.8. The number of esters is 1. The minimum Gasteiger partial charge on any atom is -0.507 e. The van der Waals surface area contributed by atoms with Crippen LogP contribution in [0.15, 0.2) is 65.6 Å². The molecule has 0 amide bonds. The number of benzene rings is 3. The van der Waals surface area contributed by atoms with Gasteiger partial charge in [0.1, 0.15) is 30.3 Å². The average molecular weight is 387 g/mol. The summed E-state index contributed by atoms with van der Waals surface area (Å²) in [5.74, 6) is -0.406. The lowest BCUT2D eigenvalue weighted by molar-refractivity contribution is 0.0447. The zero-order valence-corrected chi connectivity index (χ0v) is 15.0. The lowest BCUT2D eigenvalue weighted by atomic mass is 10.1. The summed E-state index contributed by atoms with van der Waals surface area (Å²) in [6.45, 7) is 0.0246. The first kappa shape index (κ1) is 18.7. The topological polar surface area (TPSA) is 116 Å². The highest BCUT2D eigenvalue weighted by molar-refractivity contribution is 7.89. The third-order valence-electron chi connectivity index (χ3n) is 3.82. The molecule has 27 heavy (non-hydrogen) atoms. The third-order valence-corrected chi connectivity index (χ3v) is 4.75. The molecule has 0 aliphatic rings. The van der Waals surface area contributed by atoms with Crippen molar-refractivity contribution in [3.05, 3.63) is 66.2 Å². The maximum absolute atomic E-state index is 12.2. The summed E-state index contributed by atoms with van der Waals surface area (Å²) < 4.78 is 32.9. The molecular formula is C19H17NO6S. The zero-order chi connectivity index (χ0) is 19.4. The van der Waals surface area contributed by atoms with Gasteiger partial charge in [-0.05, 0) is 47.2 Å². The number of hydrogen-bond acceptors (Lipinski definition) is 6. The van der Waals surface area contributed by atoms with Crippen LogP contribution < -0.4 is 9.88 Å². The fourth-order valence-electron chi connectivity index (χ4n) is 2.49. The summed E-state index contributed by atoms with van der Waals surface area (Å²) in [5.41, 5.74) is 0.0752. The molecule has 3 rings (SSSR count). The van der Waals surface area contributed by atoms with E-state index in [0.717, 1.165) is 10.8 Å². The molecule has 0 saturated carbocycles. The van der Waals surface area contributed by atoms with Gasteiger partial charge in [0, 0.05) is 0 Å². The number of sulfonamides is 1. The van der Waals surface area contributed by atoms with Gasteiger partial charge in [0.2, 0.25) is 10.0 Å². The van der Waals surface area contributed by atoms with E-state index >= 15 is 0 Å². The molecule has 0 radical (unpaired) electrons. The van der Waals surface area contributed by atoms with Crippen molar-refractivity contribution in [2.45, 2.75) is 4.90 Å². The van der Waals surface area contributed by atoms with Crippen LogP contribution in [-0.4, -0.2) is 32.7 Å². The van der Waals surface area contributed by atoms with Gasteiger partial charge in [-0.15, -0.1) is 0 Å². The Morgan fingerprint density at radius 1 is 0.963 bits per heavy atom. The van der Waals surface area contributed by atoms with Crippen molar-refractivity contribution in [2.75, 3.05) is 13.2 Å². The SMILES string of the molecule is NS(=O)(=O)c1ccc(OCCOC(=O)c2cc3ccccc3cc2O)cc1. The number of nitrogens with two attached hydrogens (primary N) is 1. The Morgan fingerprint density at radius 2 is 1.59 bits per heavy atom. The van der Waals surface area contributed by atoms with Gasteiger partial charge in [-0.25, -0.2) is 18.4 Å². The van der Waals surface area contributed by atoms with Crippen molar-refractivity contribution in [1.29, 1.82) is 0 Å².